The minimum absolute atomic E-state index is 0.00386. The fraction of sp³-hybridized carbons (Fsp3) is 0.154. The van der Waals surface area contributed by atoms with Gasteiger partial charge in [0, 0.05) is 12.1 Å². The van der Waals surface area contributed by atoms with E-state index in [-0.39, 0.29) is 5.91 Å². The molecule has 1 amide bonds. The second-order valence-electron chi connectivity index (χ2n) is 3.50. The smallest absolute Gasteiger partial charge is 0.251 e. The summed E-state index contributed by atoms with van der Waals surface area (Å²) in [7, 11) is 0. The first-order valence-corrected chi connectivity index (χ1v) is 6.15. The molecule has 0 aliphatic rings. The van der Waals surface area contributed by atoms with Gasteiger partial charge in [0.25, 0.3) is 5.91 Å². The van der Waals surface area contributed by atoms with E-state index >= 15 is 0 Å². The summed E-state index contributed by atoms with van der Waals surface area (Å²) in [5, 5.41) is 7.06. The molecule has 1 aromatic heterocycles. The van der Waals surface area contributed by atoms with Crippen LogP contribution >= 0.6 is 11.3 Å². The topological polar surface area (TPSA) is 29.1 Å². The number of hydrogen-bond donors (Lipinski definition) is 1. The summed E-state index contributed by atoms with van der Waals surface area (Å²) in [4.78, 5) is 11.7. The molecule has 0 saturated carbocycles. The van der Waals surface area contributed by atoms with Crippen LogP contribution in [0.5, 0.6) is 0 Å². The van der Waals surface area contributed by atoms with Gasteiger partial charge >= 0.3 is 0 Å². The summed E-state index contributed by atoms with van der Waals surface area (Å²) in [6.07, 6.45) is 0.891. The summed E-state index contributed by atoms with van der Waals surface area (Å²) in [6.45, 7) is 0.685. The predicted octanol–water partition coefficient (Wildman–Crippen LogP) is 2.72. The molecule has 0 saturated heterocycles. The van der Waals surface area contributed by atoms with E-state index in [2.05, 4.69) is 16.8 Å². The zero-order chi connectivity index (χ0) is 11.2. The molecule has 0 radical (unpaired) electrons. The first-order valence-electron chi connectivity index (χ1n) is 5.20. The number of amides is 1. The Hall–Kier alpha value is -1.61. The van der Waals surface area contributed by atoms with Crippen LogP contribution in [0.15, 0.2) is 47.2 Å². The maximum Gasteiger partial charge on any atom is 0.251 e. The van der Waals surface area contributed by atoms with Gasteiger partial charge in [0.05, 0.1) is 0 Å². The van der Waals surface area contributed by atoms with Crippen LogP contribution in [0.4, 0.5) is 0 Å². The molecule has 0 bridgehead atoms. The van der Waals surface area contributed by atoms with Crippen molar-refractivity contribution in [3.8, 4) is 0 Å². The van der Waals surface area contributed by atoms with E-state index in [1.165, 1.54) is 5.56 Å². The van der Waals surface area contributed by atoms with Crippen LogP contribution in [0.1, 0.15) is 15.9 Å². The average molecular weight is 231 g/mol. The highest BCUT2D eigenvalue weighted by molar-refractivity contribution is 7.07. The molecule has 0 unspecified atom stereocenters. The van der Waals surface area contributed by atoms with E-state index in [4.69, 9.17) is 0 Å². The highest BCUT2D eigenvalue weighted by Crippen LogP contribution is 2.06. The molecule has 0 aliphatic carbocycles. The molecule has 1 aromatic carbocycles. The van der Waals surface area contributed by atoms with Crippen LogP contribution in [-0.2, 0) is 6.42 Å². The monoisotopic (exact) mass is 231 g/mol. The second kappa shape index (κ2) is 5.47. The Labute approximate surface area is 98.9 Å². The maximum absolute atomic E-state index is 11.7. The average Bonchev–Trinajstić information content (AvgIpc) is 2.83. The van der Waals surface area contributed by atoms with Crippen molar-refractivity contribution in [3.05, 3.63) is 58.3 Å². The largest absolute Gasteiger partial charge is 0.352 e. The number of rotatable bonds is 4. The summed E-state index contributed by atoms with van der Waals surface area (Å²) >= 11 is 1.68. The Balaban J connectivity index is 1.81. The molecule has 82 valence electrons. The molecular formula is C13H13NOS. The summed E-state index contributed by atoms with van der Waals surface area (Å²) in [5.74, 6) is -0.00386. The predicted molar refractivity (Wildman–Crippen MR) is 66.8 cm³/mol. The van der Waals surface area contributed by atoms with E-state index in [1.54, 1.807) is 11.3 Å². The fourth-order valence-electron chi connectivity index (χ4n) is 1.45. The van der Waals surface area contributed by atoms with E-state index < -0.39 is 0 Å². The standard InChI is InChI=1S/C13H13NOS/c15-13(12-4-2-1-3-5-12)14-8-6-11-7-9-16-10-11/h1-5,7,9-10H,6,8H2,(H,14,15). The van der Waals surface area contributed by atoms with Gasteiger partial charge in [-0.15, -0.1) is 0 Å². The van der Waals surface area contributed by atoms with Crippen molar-refractivity contribution in [2.75, 3.05) is 6.54 Å². The second-order valence-corrected chi connectivity index (χ2v) is 4.28. The van der Waals surface area contributed by atoms with Gasteiger partial charge < -0.3 is 5.32 Å². The van der Waals surface area contributed by atoms with Gasteiger partial charge in [-0.2, -0.15) is 11.3 Å². The molecular weight excluding hydrogens is 218 g/mol. The molecule has 0 spiro atoms. The van der Waals surface area contributed by atoms with Gasteiger partial charge in [0.15, 0.2) is 0 Å². The normalized spacial score (nSPS) is 10.0. The Morgan fingerprint density at radius 1 is 1.19 bits per heavy atom. The van der Waals surface area contributed by atoms with Crippen molar-refractivity contribution < 1.29 is 4.79 Å². The summed E-state index contributed by atoms with van der Waals surface area (Å²) < 4.78 is 0. The zero-order valence-electron chi connectivity index (χ0n) is 8.85. The van der Waals surface area contributed by atoms with E-state index in [1.807, 2.05) is 35.7 Å². The first-order chi connectivity index (χ1) is 7.86. The summed E-state index contributed by atoms with van der Waals surface area (Å²) in [6, 6.07) is 11.4. The van der Waals surface area contributed by atoms with Crippen molar-refractivity contribution in [2.45, 2.75) is 6.42 Å². The van der Waals surface area contributed by atoms with Crippen LogP contribution in [-0.4, -0.2) is 12.5 Å². The van der Waals surface area contributed by atoms with E-state index in [0.29, 0.717) is 12.1 Å². The highest BCUT2D eigenvalue weighted by atomic mass is 32.1. The summed E-state index contributed by atoms with van der Waals surface area (Å²) in [5.41, 5.74) is 1.99. The molecule has 3 heteroatoms. The molecule has 0 fully saturated rings. The minimum atomic E-state index is -0.00386. The van der Waals surface area contributed by atoms with Gasteiger partial charge in [-0.05, 0) is 40.9 Å². The molecule has 2 rings (SSSR count). The van der Waals surface area contributed by atoms with Crippen molar-refractivity contribution in [1.29, 1.82) is 0 Å². The quantitative estimate of drug-likeness (QED) is 0.861. The van der Waals surface area contributed by atoms with Gasteiger partial charge in [-0.25, -0.2) is 0 Å². The zero-order valence-corrected chi connectivity index (χ0v) is 9.67. The third-order valence-corrected chi connectivity index (χ3v) is 3.05. The van der Waals surface area contributed by atoms with Crippen LogP contribution in [0.25, 0.3) is 0 Å². The maximum atomic E-state index is 11.7. The van der Waals surface area contributed by atoms with Crippen molar-refractivity contribution in [3.63, 3.8) is 0 Å². The minimum Gasteiger partial charge on any atom is -0.352 e. The highest BCUT2D eigenvalue weighted by Gasteiger charge is 2.02. The number of carbonyl (C=O) groups excluding carboxylic acids is 1. The molecule has 1 heterocycles. The Bertz CT molecular complexity index is 436. The van der Waals surface area contributed by atoms with Gasteiger partial charge in [0.2, 0.25) is 0 Å². The lowest BCUT2D eigenvalue weighted by atomic mass is 10.2. The lowest BCUT2D eigenvalue weighted by Gasteiger charge is -2.03. The Morgan fingerprint density at radius 2 is 2.00 bits per heavy atom. The Kier molecular flexibility index (Phi) is 3.72. The third-order valence-electron chi connectivity index (χ3n) is 2.32. The van der Waals surface area contributed by atoms with Crippen LogP contribution < -0.4 is 5.32 Å². The van der Waals surface area contributed by atoms with E-state index in [9.17, 15) is 4.79 Å². The number of hydrogen-bond acceptors (Lipinski definition) is 2. The van der Waals surface area contributed by atoms with Gasteiger partial charge in [0.1, 0.15) is 0 Å². The lowest BCUT2D eigenvalue weighted by molar-refractivity contribution is 0.0954. The Morgan fingerprint density at radius 3 is 2.69 bits per heavy atom. The van der Waals surface area contributed by atoms with Crippen LogP contribution in [0, 0.1) is 0 Å². The number of nitrogens with one attached hydrogen (secondary N) is 1. The lowest BCUT2D eigenvalue weighted by Crippen LogP contribution is -2.25. The molecule has 0 aliphatic heterocycles. The molecule has 0 atom stereocenters. The van der Waals surface area contributed by atoms with Crippen LogP contribution in [0.2, 0.25) is 0 Å². The van der Waals surface area contributed by atoms with E-state index in [0.717, 1.165) is 6.42 Å². The van der Waals surface area contributed by atoms with Crippen molar-refractivity contribution in [1.82, 2.24) is 5.32 Å². The van der Waals surface area contributed by atoms with Gasteiger partial charge in [-0.3, -0.25) is 4.79 Å². The fourth-order valence-corrected chi connectivity index (χ4v) is 2.15. The van der Waals surface area contributed by atoms with Crippen LogP contribution in [0.3, 0.4) is 0 Å². The van der Waals surface area contributed by atoms with Crippen molar-refractivity contribution >= 4 is 17.2 Å². The molecule has 2 nitrogen and oxygen atoms in total. The molecule has 1 N–H and O–H groups in total. The third kappa shape index (κ3) is 2.94. The number of carbonyl (C=O) groups is 1. The number of benzene rings is 1. The molecule has 2 aromatic rings. The van der Waals surface area contributed by atoms with Crippen molar-refractivity contribution in [2.24, 2.45) is 0 Å². The first kappa shape index (κ1) is 10.9. The van der Waals surface area contributed by atoms with Gasteiger partial charge in [-0.1, -0.05) is 18.2 Å². The number of thiophene rings is 1. The SMILES string of the molecule is O=C(NCCc1ccsc1)c1ccccc1. The molecule has 16 heavy (non-hydrogen) atoms.